The van der Waals surface area contributed by atoms with E-state index in [2.05, 4.69) is 20.1 Å². The lowest BCUT2D eigenvalue weighted by Gasteiger charge is -2.23. The summed E-state index contributed by atoms with van der Waals surface area (Å²) >= 11 is 1.43. The summed E-state index contributed by atoms with van der Waals surface area (Å²) in [4.78, 5) is 12.5. The second-order valence-electron chi connectivity index (χ2n) is 6.99. The third-order valence-corrected chi connectivity index (χ3v) is 5.59. The van der Waals surface area contributed by atoms with Gasteiger partial charge in [0.25, 0.3) is 0 Å². The van der Waals surface area contributed by atoms with E-state index < -0.39 is 0 Å². The molecule has 2 heterocycles. The molecule has 0 bridgehead atoms. The van der Waals surface area contributed by atoms with Gasteiger partial charge in [0.2, 0.25) is 5.91 Å². The van der Waals surface area contributed by atoms with E-state index in [1.807, 2.05) is 13.8 Å². The topological polar surface area (TPSA) is 59.8 Å². The van der Waals surface area contributed by atoms with Gasteiger partial charge in [0.1, 0.15) is 11.6 Å². The van der Waals surface area contributed by atoms with Gasteiger partial charge in [-0.05, 0) is 36.5 Å². The Labute approximate surface area is 157 Å². The van der Waals surface area contributed by atoms with Crippen LogP contribution in [-0.2, 0) is 17.8 Å². The minimum absolute atomic E-state index is 0.0519. The number of carbonyl (C=O) groups excluding carboxylic acids is 1. The van der Waals surface area contributed by atoms with Crippen molar-refractivity contribution < 1.29 is 9.18 Å². The van der Waals surface area contributed by atoms with E-state index in [1.54, 1.807) is 12.1 Å². The first-order chi connectivity index (χ1) is 12.5. The van der Waals surface area contributed by atoms with Crippen LogP contribution in [0.4, 0.5) is 4.39 Å². The summed E-state index contributed by atoms with van der Waals surface area (Å²) < 4.78 is 15.3. The van der Waals surface area contributed by atoms with Crippen LogP contribution in [0.3, 0.4) is 0 Å². The quantitative estimate of drug-likeness (QED) is 0.780. The Morgan fingerprint density at radius 2 is 2.00 bits per heavy atom. The summed E-state index contributed by atoms with van der Waals surface area (Å²) in [6, 6.07) is 6.17. The highest BCUT2D eigenvalue weighted by molar-refractivity contribution is 7.99. The molecule has 1 atom stereocenters. The Kier molecular flexibility index (Phi) is 6.29. The molecule has 1 N–H and O–H groups in total. The van der Waals surface area contributed by atoms with E-state index in [0.29, 0.717) is 5.75 Å². The maximum Gasteiger partial charge on any atom is 0.230 e. The number of carbonyl (C=O) groups is 1. The van der Waals surface area contributed by atoms with Gasteiger partial charge in [-0.2, -0.15) is 0 Å². The molecule has 140 valence electrons. The number of amides is 1. The molecule has 1 aromatic carbocycles. The van der Waals surface area contributed by atoms with Crippen LogP contribution in [0.25, 0.3) is 0 Å². The third kappa shape index (κ3) is 4.63. The summed E-state index contributed by atoms with van der Waals surface area (Å²) in [5.41, 5.74) is 0.913. The van der Waals surface area contributed by atoms with Crippen LogP contribution in [-0.4, -0.2) is 26.4 Å². The SMILES string of the molecule is CC(C)C(NC(=O)CSc1nnc2n1CCCCC2)c1ccc(F)cc1. The molecule has 7 heteroatoms. The van der Waals surface area contributed by atoms with Crippen molar-refractivity contribution in [2.75, 3.05) is 5.75 Å². The number of hydrogen-bond acceptors (Lipinski definition) is 4. The number of aryl methyl sites for hydroxylation is 1. The van der Waals surface area contributed by atoms with Gasteiger partial charge in [-0.1, -0.05) is 44.2 Å². The molecule has 0 saturated carbocycles. The maximum absolute atomic E-state index is 13.2. The lowest BCUT2D eigenvalue weighted by Crippen LogP contribution is -2.33. The van der Waals surface area contributed by atoms with E-state index in [9.17, 15) is 9.18 Å². The minimum atomic E-state index is -0.273. The van der Waals surface area contributed by atoms with E-state index in [0.717, 1.165) is 42.4 Å². The molecule has 1 aliphatic rings. The zero-order valence-electron chi connectivity index (χ0n) is 15.2. The van der Waals surface area contributed by atoms with Crippen molar-refractivity contribution in [3.05, 3.63) is 41.5 Å². The average Bonchev–Trinajstić information content (AvgIpc) is 2.85. The molecular formula is C19H25FN4OS. The lowest BCUT2D eigenvalue weighted by atomic mass is 9.96. The van der Waals surface area contributed by atoms with Gasteiger partial charge in [0, 0.05) is 13.0 Å². The second-order valence-corrected chi connectivity index (χ2v) is 7.93. The maximum atomic E-state index is 13.2. The molecule has 5 nitrogen and oxygen atoms in total. The monoisotopic (exact) mass is 376 g/mol. The first kappa shape index (κ1) is 18.9. The smallest absolute Gasteiger partial charge is 0.230 e. The Morgan fingerprint density at radius 1 is 1.23 bits per heavy atom. The summed E-state index contributed by atoms with van der Waals surface area (Å²) in [6.07, 6.45) is 4.45. The zero-order chi connectivity index (χ0) is 18.5. The molecular weight excluding hydrogens is 351 g/mol. The molecule has 0 radical (unpaired) electrons. The standard InChI is InChI=1S/C19H25FN4OS/c1-13(2)18(14-7-9-15(20)10-8-14)21-17(25)12-26-19-23-22-16-6-4-3-5-11-24(16)19/h7-10,13,18H,3-6,11-12H2,1-2H3,(H,21,25). The van der Waals surface area contributed by atoms with Crippen LogP contribution < -0.4 is 5.32 Å². The molecule has 1 amide bonds. The molecule has 26 heavy (non-hydrogen) atoms. The Balaban J connectivity index is 1.61. The Bertz CT molecular complexity index is 744. The van der Waals surface area contributed by atoms with E-state index in [-0.39, 0.29) is 23.7 Å². The number of nitrogens with zero attached hydrogens (tertiary/aromatic N) is 3. The predicted octanol–water partition coefficient (Wildman–Crippen LogP) is 3.75. The number of aromatic nitrogens is 3. The average molecular weight is 377 g/mol. The first-order valence-corrected chi connectivity index (χ1v) is 10.1. The fraction of sp³-hybridized carbons (Fsp3) is 0.526. The first-order valence-electron chi connectivity index (χ1n) is 9.14. The van der Waals surface area contributed by atoms with Crippen LogP contribution in [0.1, 0.15) is 50.5 Å². The van der Waals surface area contributed by atoms with E-state index in [1.165, 1.54) is 30.3 Å². The molecule has 2 aromatic rings. The second kappa shape index (κ2) is 8.66. The predicted molar refractivity (Wildman–Crippen MR) is 100 cm³/mol. The highest BCUT2D eigenvalue weighted by Gasteiger charge is 2.20. The van der Waals surface area contributed by atoms with E-state index in [4.69, 9.17) is 0 Å². The fourth-order valence-corrected chi connectivity index (χ4v) is 4.01. The summed E-state index contributed by atoms with van der Waals surface area (Å²) in [7, 11) is 0. The lowest BCUT2D eigenvalue weighted by molar-refractivity contribution is -0.119. The van der Waals surface area contributed by atoms with Gasteiger partial charge in [-0.15, -0.1) is 10.2 Å². The third-order valence-electron chi connectivity index (χ3n) is 4.62. The summed E-state index contributed by atoms with van der Waals surface area (Å²) in [5.74, 6) is 1.20. The van der Waals surface area contributed by atoms with E-state index >= 15 is 0 Å². The number of hydrogen-bond donors (Lipinski definition) is 1. The van der Waals surface area contributed by atoms with Crippen molar-refractivity contribution in [1.82, 2.24) is 20.1 Å². The van der Waals surface area contributed by atoms with Gasteiger partial charge in [-0.3, -0.25) is 4.79 Å². The molecule has 1 aliphatic heterocycles. The fourth-order valence-electron chi connectivity index (χ4n) is 3.22. The van der Waals surface area contributed by atoms with Crippen molar-refractivity contribution in [3.8, 4) is 0 Å². The Hall–Kier alpha value is -1.89. The van der Waals surface area contributed by atoms with Gasteiger partial charge in [0.15, 0.2) is 5.16 Å². The van der Waals surface area contributed by atoms with Crippen molar-refractivity contribution in [1.29, 1.82) is 0 Å². The number of rotatable bonds is 6. The number of thioether (sulfide) groups is 1. The molecule has 1 unspecified atom stereocenters. The molecule has 0 spiro atoms. The summed E-state index contributed by atoms with van der Waals surface area (Å²) in [6.45, 7) is 5.01. The molecule has 0 fully saturated rings. The highest BCUT2D eigenvalue weighted by Crippen LogP contribution is 2.24. The van der Waals surface area contributed by atoms with Gasteiger partial charge in [-0.25, -0.2) is 4.39 Å². The molecule has 3 rings (SSSR count). The summed E-state index contributed by atoms with van der Waals surface area (Å²) in [5, 5.41) is 12.4. The van der Waals surface area contributed by atoms with Crippen LogP contribution in [0.5, 0.6) is 0 Å². The minimum Gasteiger partial charge on any atom is -0.348 e. The normalized spacial score (nSPS) is 15.4. The van der Waals surface area contributed by atoms with Crippen LogP contribution in [0, 0.1) is 11.7 Å². The zero-order valence-corrected chi connectivity index (χ0v) is 16.1. The van der Waals surface area contributed by atoms with Crippen molar-refractivity contribution in [3.63, 3.8) is 0 Å². The number of fused-ring (bicyclic) bond motifs is 1. The van der Waals surface area contributed by atoms with Crippen LogP contribution in [0.2, 0.25) is 0 Å². The van der Waals surface area contributed by atoms with Crippen molar-refractivity contribution >= 4 is 17.7 Å². The van der Waals surface area contributed by atoms with Gasteiger partial charge >= 0.3 is 0 Å². The number of nitrogens with one attached hydrogen (secondary N) is 1. The van der Waals surface area contributed by atoms with Gasteiger partial charge in [0.05, 0.1) is 11.8 Å². The molecule has 0 saturated heterocycles. The Morgan fingerprint density at radius 3 is 2.73 bits per heavy atom. The number of benzene rings is 1. The van der Waals surface area contributed by atoms with Crippen LogP contribution >= 0.6 is 11.8 Å². The molecule has 1 aromatic heterocycles. The van der Waals surface area contributed by atoms with Crippen molar-refractivity contribution in [2.45, 2.75) is 57.3 Å². The largest absolute Gasteiger partial charge is 0.348 e. The van der Waals surface area contributed by atoms with Gasteiger partial charge < -0.3 is 9.88 Å². The van der Waals surface area contributed by atoms with Crippen LogP contribution in [0.15, 0.2) is 29.4 Å². The molecule has 0 aliphatic carbocycles. The highest BCUT2D eigenvalue weighted by atomic mass is 32.2. The number of halogens is 1. The van der Waals surface area contributed by atoms with Crippen molar-refractivity contribution in [2.24, 2.45) is 5.92 Å².